The number of anilines is 3. The number of hydrogen-bond donors (Lipinski definition) is 1. The first-order chi connectivity index (χ1) is 16.1. The van der Waals surface area contributed by atoms with Crippen LogP contribution in [-0.4, -0.2) is 16.8 Å². The zero-order chi connectivity index (χ0) is 22.8. The number of benzene rings is 3. The molecule has 1 atom stereocenters. The lowest BCUT2D eigenvalue weighted by Gasteiger charge is -2.25. The van der Waals surface area contributed by atoms with Gasteiger partial charge >= 0.3 is 0 Å². The van der Waals surface area contributed by atoms with E-state index in [-0.39, 0.29) is 24.2 Å². The number of aromatic nitrogens is 1. The van der Waals surface area contributed by atoms with Gasteiger partial charge in [-0.3, -0.25) is 14.5 Å². The molecule has 166 valence electrons. The SMILES string of the molecule is CCc1ccc(N(C(=O)CCC2Cc3ccccc3NC2=O)c2nc3ccccc3s2)cc1. The molecule has 2 heterocycles. The number of hydrogen-bond acceptors (Lipinski definition) is 4. The van der Waals surface area contributed by atoms with Gasteiger partial charge in [-0.05, 0) is 60.7 Å². The van der Waals surface area contributed by atoms with E-state index >= 15 is 0 Å². The summed E-state index contributed by atoms with van der Waals surface area (Å²) in [6, 6.07) is 23.8. The molecule has 0 saturated heterocycles. The Labute approximate surface area is 197 Å². The molecule has 2 amide bonds. The van der Waals surface area contributed by atoms with E-state index in [4.69, 9.17) is 4.98 Å². The normalized spacial score (nSPS) is 15.2. The van der Waals surface area contributed by atoms with Gasteiger partial charge in [0.05, 0.1) is 15.9 Å². The Morgan fingerprint density at radius 3 is 2.61 bits per heavy atom. The maximum atomic E-state index is 13.5. The van der Waals surface area contributed by atoms with Crippen LogP contribution >= 0.6 is 11.3 Å². The minimum absolute atomic E-state index is 0.0136. The van der Waals surface area contributed by atoms with Gasteiger partial charge in [0.25, 0.3) is 0 Å². The molecular formula is C27H25N3O2S. The molecule has 0 fully saturated rings. The van der Waals surface area contributed by atoms with Gasteiger partial charge in [0, 0.05) is 18.0 Å². The first-order valence-corrected chi connectivity index (χ1v) is 12.1. The maximum absolute atomic E-state index is 13.5. The molecule has 0 bridgehead atoms. The molecule has 6 heteroatoms. The zero-order valence-corrected chi connectivity index (χ0v) is 19.3. The average Bonchev–Trinajstić information content (AvgIpc) is 3.27. The van der Waals surface area contributed by atoms with Gasteiger partial charge in [0.2, 0.25) is 11.8 Å². The topological polar surface area (TPSA) is 62.3 Å². The summed E-state index contributed by atoms with van der Waals surface area (Å²) in [6.45, 7) is 2.11. The van der Waals surface area contributed by atoms with Crippen LogP contribution in [0, 0.1) is 5.92 Å². The molecular weight excluding hydrogens is 430 g/mol. The second kappa shape index (κ2) is 9.16. The predicted octanol–water partition coefficient (Wildman–Crippen LogP) is 6.11. The number of carbonyl (C=O) groups is 2. The van der Waals surface area contributed by atoms with Crippen LogP contribution < -0.4 is 10.2 Å². The third-order valence-corrected chi connectivity index (χ3v) is 7.17. The van der Waals surface area contributed by atoms with Crippen LogP contribution in [0.25, 0.3) is 10.2 Å². The highest BCUT2D eigenvalue weighted by atomic mass is 32.1. The molecule has 33 heavy (non-hydrogen) atoms. The van der Waals surface area contributed by atoms with Crippen molar-refractivity contribution in [2.75, 3.05) is 10.2 Å². The maximum Gasteiger partial charge on any atom is 0.233 e. The van der Waals surface area contributed by atoms with Crippen molar-refractivity contribution < 1.29 is 9.59 Å². The van der Waals surface area contributed by atoms with Crippen molar-refractivity contribution >= 4 is 49.9 Å². The molecule has 0 spiro atoms. The Balaban J connectivity index is 1.40. The van der Waals surface area contributed by atoms with E-state index < -0.39 is 0 Å². The number of nitrogens with zero attached hydrogens (tertiary/aromatic N) is 2. The van der Waals surface area contributed by atoms with E-state index in [1.54, 1.807) is 4.90 Å². The highest BCUT2D eigenvalue weighted by Crippen LogP contribution is 2.35. The van der Waals surface area contributed by atoms with Crippen LogP contribution in [0.2, 0.25) is 0 Å². The van der Waals surface area contributed by atoms with Crippen LogP contribution in [0.15, 0.2) is 72.8 Å². The molecule has 5 rings (SSSR count). The standard InChI is InChI=1S/C27H25N3O2S/c1-2-18-11-14-21(15-12-18)30(27-29-23-9-5-6-10-24(23)33-27)25(31)16-13-20-17-19-7-3-4-8-22(19)28-26(20)32/h3-12,14-15,20H,2,13,16-17H2,1H3,(H,28,32). The lowest BCUT2D eigenvalue weighted by atomic mass is 9.89. The first kappa shape index (κ1) is 21.3. The van der Waals surface area contributed by atoms with Crippen molar-refractivity contribution in [3.8, 4) is 0 Å². The van der Waals surface area contributed by atoms with Crippen LogP contribution in [0.1, 0.15) is 30.9 Å². The van der Waals surface area contributed by atoms with Crippen LogP contribution in [-0.2, 0) is 22.4 Å². The number of thiazole rings is 1. The summed E-state index contributed by atoms with van der Waals surface area (Å²) >= 11 is 1.51. The monoisotopic (exact) mass is 455 g/mol. The van der Waals surface area contributed by atoms with E-state index in [9.17, 15) is 9.59 Å². The number of amides is 2. The minimum atomic E-state index is -0.219. The Morgan fingerprint density at radius 2 is 1.82 bits per heavy atom. The van der Waals surface area contributed by atoms with E-state index in [0.717, 1.165) is 33.6 Å². The Morgan fingerprint density at radius 1 is 1.06 bits per heavy atom. The van der Waals surface area contributed by atoms with Gasteiger partial charge in [-0.25, -0.2) is 4.98 Å². The molecule has 4 aromatic rings. The summed E-state index contributed by atoms with van der Waals surface area (Å²) in [4.78, 5) is 32.6. The van der Waals surface area contributed by atoms with Crippen molar-refractivity contribution in [1.29, 1.82) is 0 Å². The Kier molecular flexibility index (Phi) is 5.92. The van der Waals surface area contributed by atoms with E-state index in [1.807, 2.05) is 60.7 Å². The van der Waals surface area contributed by atoms with Crippen molar-refractivity contribution in [3.05, 3.63) is 83.9 Å². The van der Waals surface area contributed by atoms with E-state index in [0.29, 0.717) is 18.0 Å². The third-order valence-electron chi connectivity index (χ3n) is 6.15. The highest BCUT2D eigenvalue weighted by Gasteiger charge is 2.28. The number of para-hydroxylation sites is 2. The van der Waals surface area contributed by atoms with Gasteiger partial charge in [0.1, 0.15) is 0 Å². The lowest BCUT2D eigenvalue weighted by molar-refractivity contribution is -0.121. The number of aryl methyl sites for hydroxylation is 1. The molecule has 1 N–H and O–H groups in total. The van der Waals surface area contributed by atoms with Gasteiger partial charge in [-0.2, -0.15) is 0 Å². The fraction of sp³-hybridized carbons (Fsp3) is 0.222. The Hall–Kier alpha value is -3.51. The summed E-state index contributed by atoms with van der Waals surface area (Å²) in [5.41, 5.74) is 4.89. The second-order valence-electron chi connectivity index (χ2n) is 8.30. The molecule has 0 saturated carbocycles. The summed E-state index contributed by atoms with van der Waals surface area (Å²) in [5, 5.41) is 3.64. The van der Waals surface area contributed by atoms with Gasteiger partial charge in [0.15, 0.2) is 5.13 Å². The second-order valence-corrected chi connectivity index (χ2v) is 9.31. The van der Waals surface area contributed by atoms with E-state index in [1.165, 1.54) is 16.9 Å². The third kappa shape index (κ3) is 4.39. The van der Waals surface area contributed by atoms with Crippen molar-refractivity contribution in [3.63, 3.8) is 0 Å². The molecule has 3 aromatic carbocycles. The predicted molar refractivity (Wildman–Crippen MR) is 134 cm³/mol. The smallest absolute Gasteiger partial charge is 0.233 e. The summed E-state index contributed by atoms with van der Waals surface area (Å²) in [7, 11) is 0. The first-order valence-electron chi connectivity index (χ1n) is 11.3. The molecule has 1 aliphatic rings. The van der Waals surface area contributed by atoms with Crippen molar-refractivity contribution in [1.82, 2.24) is 4.98 Å². The van der Waals surface area contributed by atoms with Gasteiger partial charge in [-0.15, -0.1) is 0 Å². The van der Waals surface area contributed by atoms with Crippen LogP contribution in [0.4, 0.5) is 16.5 Å². The average molecular weight is 456 g/mol. The van der Waals surface area contributed by atoms with E-state index in [2.05, 4.69) is 24.4 Å². The highest BCUT2D eigenvalue weighted by molar-refractivity contribution is 7.22. The number of fused-ring (bicyclic) bond motifs is 2. The van der Waals surface area contributed by atoms with Crippen LogP contribution in [0.3, 0.4) is 0 Å². The quantitative estimate of drug-likeness (QED) is 0.381. The molecule has 0 radical (unpaired) electrons. The number of carbonyl (C=O) groups excluding carboxylic acids is 2. The number of nitrogens with one attached hydrogen (secondary N) is 1. The van der Waals surface area contributed by atoms with Crippen molar-refractivity contribution in [2.45, 2.75) is 32.6 Å². The molecule has 1 aromatic heterocycles. The largest absolute Gasteiger partial charge is 0.326 e. The molecule has 5 nitrogen and oxygen atoms in total. The summed E-state index contributed by atoms with van der Waals surface area (Å²) in [5.74, 6) is -0.283. The number of rotatable bonds is 6. The van der Waals surface area contributed by atoms with Crippen LogP contribution in [0.5, 0.6) is 0 Å². The lowest BCUT2D eigenvalue weighted by Crippen LogP contribution is -2.32. The zero-order valence-electron chi connectivity index (χ0n) is 18.5. The fourth-order valence-corrected chi connectivity index (χ4v) is 5.26. The Bertz CT molecular complexity index is 1280. The minimum Gasteiger partial charge on any atom is -0.326 e. The van der Waals surface area contributed by atoms with Gasteiger partial charge in [-0.1, -0.05) is 60.7 Å². The van der Waals surface area contributed by atoms with Crippen molar-refractivity contribution in [2.24, 2.45) is 5.92 Å². The fourth-order valence-electron chi connectivity index (χ4n) is 4.25. The van der Waals surface area contributed by atoms with Gasteiger partial charge < -0.3 is 5.32 Å². The molecule has 1 aliphatic heterocycles. The molecule has 1 unspecified atom stereocenters. The summed E-state index contributed by atoms with van der Waals surface area (Å²) in [6.07, 6.45) is 2.36. The molecule has 0 aliphatic carbocycles. The summed E-state index contributed by atoms with van der Waals surface area (Å²) < 4.78 is 1.04.